The lowest BCUT2D eigenvalue weighted by Gasteiger charge is -2.18. The van der Waals surface area contributed by atoms with Crippen LogP contribution >= 0.6 is 0 Å². The van der Waals surface area contributed by atoms with Crippen molar-refractivity contribution in [2.24, 2.45) is 0 Å². The zero-order chi connectivity index (χ0) is 21.2. The van der Waals surface area contributed by atoms with Gasteiger partial charge in [0.2, 0.25) is 0 Å². The molecule has 0 N–H and O–H groups in total. The van der Waals surface area contributed by atoms with Gasteiger partial charge in [-0.25, -0.2) is 4.79 Å². The Bertz CT molecular complexity index is 808. The first-order chi connectivity index (χ1) is 14.1. The van der Waals surface area contributed by atoms with Crippen molar-refractivity contribution < 1.29 is 14.3 Å². The SMILES string of the molecule is CCCc1ccc(OC(=O)Oc2cccc(CC)c2CC)c(CCC)c1CCC. The van der Waals surface area contributed by atoms with Crippen LogP contribution in [0.3, 0.4) is 0 Å². The van der Waals surface area contributed by atoms with Gasteiger partial charge in [-0.1, -0.05) is 72.1 Å². The predicted octanol–water partition coefficient (Wildman–Crippen LogP) is 7.25. The minimum Gasteiger partial charge on any atom is -0.394 e. The van der Waals surface area contributed by atoms with Crippen LogP contribution in [0.1, 0.15) is 81.7 Å². The molecule has 0 aromatic heterocycles. The van der Waals surface area contributed by atoms with Gasteiger partial charge < -0.3 is 9.47 Å². The summed E-state index contributed by atoms with van der Waals surface area (Å²) in [6, 6.07) is 9.92. The molecule has 158 valence electrons. The molecule has 0 bridgehead atoms. The summed E-state index contributed by atoms with van der Waals surface area (Å²) in [4.78, 5) is 12.6. The van der Waals surface area contributed by atoms with Gasteiger partial charge in [0.25, 0.3) is 0 Å². The number of hydrogen-bond acceptors (Lipinski definition) is 3. The third-order valence-electron chi connectivity index (χ3n) is 5.36. The van der Waals surface area contributed by atoms with Crippen LogP contribution in [0, 0.1) is 0 Å². The smallest absolute Gasteiger partial charge is 0.394 e. The number of aryl methyl sites for hydroxylation is 2. The summed E-state index contributed by atoms with van der Waals surface area (Å²) >= 11 is 0. The lowest BCUT2D eigenvalue weighted by Crippen LogP contribution is -2.17. The molecule has 2 aromatic rings. The molecule has 3 heteroatoms. The van der Waals surface area contributed by atoms with Crippen molar-refractivity contribution in [1.29, 1.82) is 0 Å². The molecule has 0 saturated heterocycles. The summed E-state index contributed by atoms with van der Waals surface area (Å²) in [6.07, 6.45) is 7.24. The summed E-state index contributed by atoms with van der Waals surface area (Å²) in [5.74, 6) is 1.25. The maximum absolute atomic E-state index is 12.6. The van der Waals surface area contributed by atoms with E-state index in [2.05, 4.69) is 46.8 Å². The molecule has 0 spiro atoms. The van der Waals surface area contributed by atoms with E-state index in [0.717, 1.165) is 62.5 Å². The molecule has 0 fully saturated rings. The van der Waals surface area contributed by atoms with Crippen molar-refractivity contribution >= 4 is 6.16 Å². The highest BCUT2D eigenvalue weighted by Gasteiger charge is 2.18. The number of carbonyl (C=O) groups excluding carboxylic acids is 1. The molecule has 0 heterocycles. The van der Waals surface area contributed by atoms with Crippen LogP contribution in [0.5, 0.6) is 11.5 Å². The fourth-order valence-electron chi connectivity index (χ4n) is 4.04. The van der Waals surface area contributed by atoms with Crippen LogP contribution in [0.15, 0.2) is 30.3 Å². The first-order valence-corrected chi connectivity index (χ1v) is 11.2. The average molecular weight is 397 g/mol. The number of carbonyl (C=O) groups is 1. The fourth-order valence-corrected chi connectivity index (χ4v) is 4.04. The van der Waals surface area contributed by atoms with Crippen LogP contribution in [0.25, 0.3) is 0 Å². The Morgan fingerprint density at radius 2 is 1.28 bits per heavy atom. The third-order valence-corrected chi connectivity index (χ3v) is 5.36. The Morgan fingerprint density at radius 1 is 0.655 bits per heavy atom. The van der Waals surface area contributed by atoms with E-state index in [9.17, 15) is 4.79 Å². The monoisotopic (exact) mass is 396 g/mol. The number of ether oxygens (including phenoxy) is 2. The zero-order valence-corrected chi connectivity index (χ0v) is 18.8. The normalized spacial score (nSPS) is 10.8. The van der Waals surface area contributed by atoms with E-state index in [-0.39, 0.29) is 0 Å². The molecule has 0 unspecified atom stereocenters. The average Bonchev–Trinajstić information content (AvgIpc) is 2.72. The molecule has 0 radical (unpaired) electrons. The second-order valence-electron chi connectivity index (χ2n) is 7.48. The van der Waals surface area contributed by atoms with Crippen molar-refractivity contribution in [3.63, 3.8) is 0 Å². The molecular weight excluding hydrogens is 360 g/mol. The van der Waals surface area contributed by atoms with E-state index in [4.69, 9.17) is 9.47 Å². The van der Waals surface area contributed by atoms with Gasteiger partial charge in [0.15, 0.2) is 0 Å². The molecule has 2 rings (SSSR count). The van der Waals surface area contributed by atoms with Gasteiger partial charge >= 0.3 is 6.16 Å². The maximum Gasteiger partial charge on any atom is 0.519 e. The summed E-state index contributed by atoms with van der Waals surface area (Å²) in [7, 11) is 0. The van der Waals surface area contributed by atoms with E-state index < -0.39 is 6.16 Å². The molecule has 2 aromatic carbocycles. The highest BCUT2D eigenvalue weighted by Crippen LogP contribution is 2.30. The molecule has 0 saturated carbocycles. The van der Waals surface area contributed by atoms with Gasteiger partial charge in [-0.3, -0.25) is 0 Å². The van der Waals surface area contributed by atoms with Crippen LogP contribution in [0.2, 0.25) is 0 Å². The highest BCUT2D eigenvalue weighted by molar-refractivity contribution is 5.69. The van der Waals surface area contributed by atoms with Gasteiger partial charge in [-0.2, -0.15) is 0 Å². The molecule has 0 amide bonds. The van der Waals surface area contributed by atoms with Crippen LogP contribution in [0.4, 0.5) is 4.79 Å². The van der Waals surface area contributed by atoms with E-state index in [1.165, 1.54) is 16.7 Å². The summed E-state index contributed by atoms with van der Waals surface area (Å²) in [6.45, 7) is 10.7. The van der Waals surface area contributed by atoms with Crippen LogP contribution in [-0.2, 0) is 32.1 Å². The minimum atomic E-state index is -0.656. The van der Waals surface area contributed by atoms with Crippen molar-refractivity contribution in [2.75, 3.05) is 0 Å². The Morgan fingerprint density at radius 3 is 1.86 bits per heavy atom. The van der Waals surface area contributed by atoms with E-state index in [0.29, 0.717) is 11.5 Å². The maximum atomic E-state index is 12.6. The van der Waals surface area contributed by atoms with Crippen molar-refractivity contribution in [1.82, 2.24) is 0 Å². The van der Waals surface area contributed by atoms with Gasteiger partial charge in [0, 0.05) is 0 Å². The second kappa shape index (κ2) is 11.6. The Labute approximate surface area is 176 Å². The Hall–Kier alpha value is -2.29. The van der Waals surface area contributed by atoms with Gasteiger partial charge in [-0.05, 0) is 72.1 Å². The number of benzene rings is 2. The molecule has 3 nitrogen and oxygen atoms in total. The molecular formula is C26H36O3. The predicted molar refractivity (Wildman–Crippen MR) is 120 cm³/mol. The van der Waals surface area contributed by atoms with E-state index in [1.807, 2.05) is 18.2 Å². The van der Waals surface area contributed by atoms with Crippen LogP contribution in [-0.4, -0.2) is 6.16 Å². The minimum absolute atomic E-state index is 0.602. The van der Waals surface area contributed by atoms with E-state index in [1.54, 1.807) is 0 Å². The highest BCUT2D eigenvalue weighted by atomic mass is 16.7. The molecule has 0 aliphatic heterocycles. The number of rotatable bonds is 10. The van der Waals surface area contributed by atoms with Gasteiger partial charge in [-0.15, -0.1) is 0 Å². The lowest BCUT2D eigenvalue weighted by atomic mass is 9.91. The van der Waals surface area contributed by atoms with Crippen LogP contribution < -0.4 is 9.47 Å². The zero-order valence-electron chi connectivity index (χ0n) is 18.8. The molecule has 0 aliphatic rings. The second-order valence-corrected chi connectivity index (χ2v) is 7.48. The quantitative estimate of drug-likeness (QED) is 0.313. The molecule has 0 atom stereocenters. The summed E-state index contributed by atoms with van der Waals surface area (Å²) < 4.78 is 11.4. The number of hydrogen-bond donors (Lipinski definition) is 0. The van der Waals surface area contributed by atoms with Gasteiger partial charge in [0.1, 0.15) is 11.5 Å². The summed E-state index contributed by atoms with van der Waals surface area (Å²) in [5.41, 5.74) is 6.17. The van der Waals surface area contributed by atoms with Crippen molar-refractivity contribution in [3.8, 4) is 11.5 Å². The molecule has 0 aliphatic carbocycles. The largest absolute Gasteiger partial charge is 0.519 e. The van der Waals surface area contributed by atoms with Crippen molar-refractivity contribution in [3.05, 3.63) is 58.1 Å². The first-order valence-electron chi connectivity index (χ1n) is 11.2. The lowest BCUT2D eigenvalue weighted by molar-refractivity contribution is 0.151. The Balaban J connectivity index is 2.31. The van der Waals surface area contributed by atoms with Gasteiger partial charge in [0.05, 0.1) is 0 Å². The first kappa shape index (κ1) is 23.0. The topological polar surface area (TPSA) is 35.5 Å². The standard InChI is InChI=1S/C26H36O3/c1-6-12-20-17-18-25(23(14-8-3)22(20)13-7-2)29-26(27)28-24-16-11-15-19(9-4)21(24)10-5/h11,15-18H,6-10,12-14H2,1-5H3. The fraction of sp³-hybridized carbons (Fsp3) is 0.500. The Kier molecular flexibility index (Phi) is 9.24. The summed E-state index contributed by atoms with van der Waals surface area (Å²) in [5, 5.41) is 0. The van der Waals surface area contributed by atoms with Crippen molar-refractivity contribution in [2.45, 2.75) is 86.0 Å². The van der Waals surface area contributed by atoms with E-state index >= 15 is 0 Å². The third kappa shape index (κ3) is 5.85. The molecule has 29 heavy (non-hydrogen) atoms.